The summed E-state index contributed by atoms with van der Waals surface area (Å²) in [4.78, 5) is 10.9. The number of nitrogens with zero attached hydrogens (tertiary/aromatic N) is 3. The van der Waals surface area contributed by atoms with Crippen LogP contribution in [0.1, 0.15) is 0 Å². The maximum atomic E-state index is 4.64. The molecule has 4 heteroatoms. The molecule has 90 valence electrons. The van der Waals surface area contributed by atoms with E-state index in [2.05, 4.69) is 27.5 Å². The van der Waals surface area contributed by atoms with E-state index in [0.29, 0.717) is 0 Å². The molecule has 0 aliphatic heterocycles. The van der Waals surface area contributed by atoms with Crippen LogP contribution in [0.2, 0.25) is 0 Å². The summed E-state index contributed by atoms with van der Waals surface area (Å²) >= 11 is 1.69. The van der Waals surface area contributed by atoms with E-state index < -0.39 is 0 Å². The van der Waals surface area contributed by atoms with E-state index in [1.54, 1.807) is 11.3 Å². The summed E-state index contributed by atoms with van der Waals surface area (Å²) in [5, 5.41) is 2.15. The zero-order valence-electron chi connectivity index (χ0n) is 10.3. The van der Waals surface area contributed by atoms with Crippen molar-refractivity contribution < 1.29 is 0 Å². The minimum atomic E-state index is 0.748. The third-order valence-corrected chi connectivity index (χ3v) is 3.69. The van der Waals surface area contributed by atoms with Crippen LogP contribution in [0.5, 0.6) is 0 Å². The first-order chi connectivity index (χ1) is 8.75. The van der Waals surface area contributed by atoms with Crippen molar-refractivity contribution in [3.05, 3.63) is 41.9 Å². The van der Waals surface area contributed by atoms with Gasteiger partial charge in [0, 0.05) is 25.0 Å². The minimum Gasteiger partial charge on any atom is -0.347 e. The van der Waals surface area contributed by atoms with Crippen molar-refractivity contribution in [1.29, 1.82) is 0 Å². The Kier molecular flexibility index (Phi) is 2.72. The van der Waals surface area contributed by atoms with Crippen molar-refractivity contribution in [3.8, 4) is 11.1 Å². The van der Waals surface area contributed by atoms with Crippen molar-refractivity contribution in [3.63, 3.8) is 0 Å². The first kappa shape index (κ1) is 11.2. The van der Waals surface area contributed by atoms with Gasteiger partial charge in [-0.1, -0.05) is 30.3 Å². The van der Waals surface area contributed by atoms with Crippen LogP contribution in [0.15, 0.2) is 41.9 Å². The molecule has 0 atom stereocenters. The van der Waals surface area contributed by atoms with Crippen LogP contribution in [0.25, 0.3) is 21.3 Å². The second-order valence-electron chi connectivity index (χ2n) is 4.29. The molecule has 0 N–H and O–H groups in total. The standard InChI is InChI=1S/C14H13N3S/c1-17(2)14-15-8-12-13(16-14)11(9-18-12)10-6-4-3-5-7-10/h3-9H,1-2H3. The molecule has 3 nitrogen and oxygen atoms in total. The highest BCUT2D eigenvalue weighted by Crippen LogP contribution is 2.32. The van der Waals surface area contributed by atoms with Crippen LogP contribution in [0.4, 0.5) is 5.95 Å². The molecule has 2 aromatic heterocycles. The first-order valence-corrected chi connectivity index (χ1v) is 6.60. The fraction of sp³-hybridized carbons (Fsp3) is 0.143. The summed E-state index contributed by atoms with van der Waals surface area (Å²) in [6.07, 6.45) is 1.90. The Morgan fingerprint density at radius 2 is 1.89 bits per heavy atom. The molecule has 3 rings (SSSR count). The summed E-state index contributed by atoms with van der Waals surface area (Å²) in [5.74, 6) is 0.748. The van der Waals surface area contributed by atoms with Crippen LogP contribution in [0, 0.1) is 0 Å². The zero-order chi connectivity index (χ0) is 12.5. The van der Waals surface area contributed by atoms with E-state index in [0.717, 1.165) is 16.2 Å². The fourth-order valence-corrected chi connectivity index (χ4v) is 2.73. The van der Waals surface area contributed by atoms with Crippen molar-refractivity contribution in [2.24, 2.45) is 0 Å². The van der Waals surface area contributed by atoms with E-state index in [1.807, 2.05) is 43.4 Å². The van der Waals surface area contributed by atoms with Gasteiger partial charge in [0.1, 0.15) is 0 Å². The molecule has 0 radical (unpaired) electrons. The van der Waals surface area contributed by atoms with Gasteiger partial charge in [0.15, 0.2) is 0 Å². The second-order valence-corrected chi connectivity index (χ2v) is 5.20. The summed E-state index contributed by atoms with van der Waals surface area (Å²) in [5.41, 5.74) is 3.41. The molecule has 1 aromatic carbocycles. The van der Waals surface area contributed by atoms with Crippen LogP contribution in [-0.4, -0.2) is 24.1 Å². The molecule has 0 bridgehead atoms. The van der Waals surface area contributed by atoms with Crippen LogP contribution in [-0.2, 0) is 0 Å². The van der Waals surface area contributed by atoms with Crippen molar-refractivity contribution in [2.75, 3.05) is 19.0 Å². The van der Waals surface area contributed by atoms with Gasteiger partial charge in [0.2, 0.25) is 5.95 Å². The van der Waals surface area contributed by atoms with Gasteiger partial charge in [-0.3, -0.25) is 0 Å². The van der Waals surface area contributed by atoms with Crippen LogP contribution in [0.3, 0.4) is 0 Å². The molecule has 0 saturated carbocycles. The van der Waals surface area contributed by atoms with Crippen molar-refractivity contribution in [2.45, 2.75) is 0 Å². The molecular formula is C14H13N3S. The van der Waals surface area contributed by atoms with E-state index in [-0.39, 0.29) is 0 Å². The molecular weight excluding hydrogens is 242 g/mol. The Labute approximate surface area is 110 Å². The van der Waals surface area contributed by atoms with E-state index >= 15 is 0 Å². The number of hydrogen-bond acceptors (Lipinski definition) is 4. The Balaban J connectivity index is 2.21. The van der Waals surface area contributed by atoms with Gasteiger partial charge < -0.3 is 4.90 Å². The number of aromatic nitrogens is 2. The molecule has 2 heterocycles. The molecule has 0 saturated heterocycles. The van der Waals surface area contributed by atoms with E-state index in [1.165, 1.54) is 11.1 Å². The number of fused-ring (bicyclic) bond motifs is 1. The van der Waals surface area contributed by atoms with Crippen LogP contribution < -0.4 is 4.90 Å². The largest absolute Gasteiger partial charge is 0.347 e. The fourth-order valence-electron chi connectivity index (χ4n) is 1.86. The van der Waals surface area contributed by atoms with E-state index in [4.69, 9.17) is 0 Å². The molecule has 0 spiro atoms. The predicted octanol–water partition coefficient (Wildman–Crippen LogP) is 3.42. The smallest absolute Gasteiger partial charge is 0.225 e. The third-order valence-electron chi connectivity index (χ3n) is 2.79. The lowest BCUT2D eigenvalue weighted by molar-refractivity contribution is 1.02. The number of benzene rings is 1. The molecule has 0 aliphatic rings. The summed E-state index contributed by atoms with van der Waals surface area (Å²) < 4.78 is 1.12. The Morgan fingerprint density at radius 1 is 1.11 bits per heavy atom. The molecule has 0 fully saturated rings. The van der Waals surface area contributed by atoms with Crippen molar-refractivity contribution >= 4 is 27.5 Å². The van der Waals surface area contributed by atoms with Crippen LogP contribution >= 0.6 is 11.3 Å². The molecule has 0 amide bonds. The first-order valence-electron chi connectivity index (χ1n) is 5.72. The van der Waals surface area contributed by atoms with Gasteiger partial charge in [-0.15, -0.1) is 11.3 Å². The van der Waals surface area contributed by atoms with Gasteiger partial charge >= 0.3 is 0 Å². The zero-order valence-corrected chi connectivity index (χ0v) is 11.1. The number of anilines is 1. The van der Waals surface area contributed by atoms with Gasteiger partial charge in [0.05, 0.1) is 16.4 Å². The second kappa shape index (κ2) is 4.38. The van der Waals surface area contributed by atoms with Gasteiger partial charge in [-0.25, -0.2) is 9.97 Å². The predicted molar refractivity (Wildman–Crippen MR) is 77.2 cm³/mol. The Bertz CT molecular complexity index is 674. The van der Waals surface area contributed by atoms with Gasteiger partial charge in [0.25, 0.3) is 0 Å². The van der Waals surface area contributed by atoms with E-state index in [9.17, 15) is 0 Å². The maximum absolute atomic E-state index is 4.64. The summed E-state index contributed by atoms with van der Waals surface area (Å²) in [6.45, 7) is 0. The molecule has 18 heavy (non-hydrogen) atoms. The SMILES string of the molecule is CN(C)c1ncc2scc(-c3ccccc3)c2n1. The average Bonchev–Trinajstić information content (AvgIpc) is 2.82. The monoisotopic (exact) mass is 255 g/mol. The normalized spacial score (nSPS) is 10.8. The molecule has 0 unspecified atom stereocenters. The quantitative estimate of drug-likeness (QED) is 0.702. The summed E-state index contributed by atoms with van der Waals surface area (Å²) in [6, 6.07) is 10.3. The highest BCUT2D eigenvalue weighted by Gasteiger charge is 2.09. The number of rotatable bonds is 2. The number of thiophene rings is 1. The topological polar surface area (TPSA) is 29.0 Å². The lowest BCUT2D eigenvalue weighted by atomic mass is 10.1. The lowest BCUT2D eigenvalue weighted by Gasteiger charge is -2.09. The highest BCUT2D eigenvalue weighted by molar-refractivity contribution is 7.17. The Hall–Kier alpha value is -1.94. The average molecular weight is 255 g/mol. The number of hydrogen-bond donors (Lipinski definition) is 0. The highest BCUT2D eigenvalue weighted by atomic mass is 32.1. The van der Waals surface area contributed by atoms with Gasteiger partial charge in [-0.05, 0) is 5.56 Å². The van der Waals surface area contributed by atoms with Crippen molar-refractivity contribution in [1.82, 2.24) is 9.97 Å². The minimum absolute atomic E-state index is 0.748. The Morgan fingerprint density at radius 3 is 2.61 bits per heavy atom. The lowest BCUT2D eigenvalue weighted by Crippen LogP contribution is -2.12. The van der Waals surface area contributed by atoms with Gasteiger partial charge in [-0.2, -0.15) is 0 Å². The molecule has 0 aliphatic carbocycles. The third kappa shape index (κ3) is 1.84. The molecule has 3 aromatic rings. The summed E-state index contributed by atoms with van der Waals surface area (Å²) in [7, 11) is 3.91. The maximum Gasteiger partial charge on any atom is 0.225 e.